The summed E-state index contributed by atoms with van der Waals surface area (Å²) in [7, 11) is 0. The number of ether oxygens (including phenoxy) is 1. The van der Waals surface area contributed by atoms with Crippen molar-refractivity contribution in [2.75, 3.05) is 6.61 Å². The molecule has 0 atom stereocenters. The Bertz CT molecular complexity index is 427. The van der Waals surface area contributed by atoms with Crippen molar-refractivity contribution < 1.29 is 9.53 Å². The summed E-state index contributed by atoms with van der Waals surface area (Å²) < 4.78 is 5.39. The Kier molecular flexibility index (Phi) is 5.13. The fourth-order valence-electron chi connectivity index (χ4n) is 1.04. The van der Waals surface area contributed by atoms with Crippen molar-refractivity contribution in [1.29, 1.82) is 0 Å². The lowest BCUT2D eigenvalue weighted by Crippen LogP contribution is -2.01. The molecule has 0 fully saturated rings. The van der Waals surface area contributed by atoms with E-state index in [-0.39, 0.29) is 6.61 Å². The second-order valence-electron chi connectivity index (χ2n) is 3.17. The second-order valence-corrected chi connectivity index (χ2v) is 4.23. The van der Waals surface area contributed by atoms with Crippen LogP contribution in [0.25, 0.3) is 0 Å². The lowest BCUT2D eigenvalue weighted by atomic mass is 10.2. The highest BCUT2D eigenvalue weighted by Gasteiger charge is 2.10. The zero-order chi connectivity index (χ0) is 12.1. The van der Waals surface area contributed by atoms with Crippen LogP contribution in [0.1, 0.15) is 17.3 Å². The molecule has 0 aliphatic carbocycles. The molecule has 0 aromatic heterocycles. The number of halogens is 3. The molecule has 0 aliphatic heterocycles. The van der Waals surface area contributed by atoms with Crippen molar-refractivity contribution in [3.05, 3.63) is 38.8 Å². The smallest absolute Gasteiger partial charge is 0.153 e. The molecule has 16 heavy (non-hydrogen) atoms. The van der Waals surface area contributed by atoms with Crippen LogP contribution < -0.4 is 4.74 Å². The van der Waals surface area contributed by atoms with Crippen LogP contribution in [0.4, 0.5) is 0 Å². The highest BCUT2D eigenvalue weighted by molar-refractivity contribution is 6.36. The monoisotopic (exact) mass is 278 g/mol. The van der Waals surface area contributed by atoms with Gasteiger partial charge in [-0.1, -0.05) is 34.8 Å². The highest BCUT2D eigenvalue weighted by Crippen LogP contribution is 2.31. The van der Waals surface area contributed by atoms with Gasteiger partial charge in [-0.2, -0.15) is 0 Å². The van der Waals surface area contributed by atoms with Crippen molar-refractivity contribution in [2.24, 2.45) is 0 Å². The van der Waals surface area contributed by atoms with Gasteiger partial charge in [0.25, 0.3) is 0 Å². The van der Waals surface area contributed by atoms with Crippen LogP contribution in [-0.4, -0.2) is 12.9 Å². The molecule has 1 rings (SSSR count). The molecule has 1 aromatic rings. The molecule has 0 saturated heterocycles. The minimum atomic E-state index is 0.270. The van der Waals surface area contributed by atoms with Crippen molar-refractivity contribution in [2.45, 2.75) is 6.92 Å². The molecule has 0 amide bonds. The molecule has 86 valence electrons. The number of benzene rings is 1. The maximum Gasteiger partial charge on any atom is 0.153 e. The zero-order valence-corrected chi connectivity index (χ0v) is 10.7. The summed E-state index contributed by atoms with van der Waals surface area (Å²) >= 11 is 17.2. The standard InChI is InChI=1S/C11H9Cl3O2/c1-7(4-12)6-16-11-8(5-15)2-9(13)3-10(11)14/h2-5H,6H2,1H3. The molecular weight excluding hydrogens is 270 g/mol. The predicted octanol–water partition coefficient (Wildman–Crippen LogP) is 4.33. The minimum Gasteiger partial charge on any atom is -0.487 e. The number of hydrogen-bond acceptors (Lipinski definition) is 2. The maximum absolute atomic E-state index is 10.8. The van der Waals surface area contributed by atoms with Gasteiger partial charge in [-0.15, -0.1) is 0 Å². The van der Waals surface area contributed by atoms with Gasteiger partial charge in [0.2, 0.25) is 0 Å². The van der Waals surface area contributed by atoms with Gasteiger partial charge in [0.1, 0.15) is 12.4 Å². The number of aldehydes is 1. The van der Waals surface area contributed by atoms with E-state index in [2.05, 4.69) is 0 Å². The zero-order valence-electron chi connectivity index (χ0n) is 8.47. The van der Waals surface area contributed by atoms with E-state index in [0.29, 0.717) is 27.6 Å². The highest BCUT2D eigenvalue weighted by atomic mass is 35.5. The van der Waals surface area contributed by atoms with E-state index in [0.717, 1.165) is 5.57 Å². The van der Waals surface area contributed by atoms with Gasteiger partial charge in [-0.25, -0.2) is 0 Å². The van der Waals surface area contributed by atoms with Gasteiger partial charge >= 0.3 is 0 Å². The molecule has 0 heterocycles. The first-order chi connectivity index (χ1) is 7.58. The predicted molar refractivity (Wildman–Crippen MR) is 67.0 cm³/mol. The second kappa shape index (κ2) is 6.14. The van der Waals surface area contributed by atoms with Crippen LogP contribution in [0.2, 0.25) is 10.0 Å². The first kappa shape index (κ1) is 13.4. The molecule has 0 unspecified atom stereocenters. The Hall–Kier alpha value is -0.700. The molecule has 5 heteroatoms. The van der Waals surface area contributed by atoms with Gasteiger partial charge < -0.3 is 4.74 Å². The summed E-state index contributed by atoms with van der Waals surface area (Å²) in [6.45, 7) is 2.07. The number of rotatable bonds is 4. The Morgan fingerprint density at radius 2 is 2.12 bits per heavy atom. The SMILES string of the molecule is CC(=CCl)COc1c(Cl)cc(Cl)cc1C=O. The number of carbonyl (C=O) groups excluding carboxylic acids is 1. The molecule has 0 aliphatic rings. The molecule has 0 N–H and O–H groups in total. The van der Waals surface area contributed by atoms with Crippen LogP contribution in [0.5, 0.6) is 5.75 Å². The maximum atomic E-state index is 10.8. The van der Waals surface area contributed by atoms with Gasteiger partial charge in [-0.05, 0) is 24.6 Å². The third-order valence-corrected chi connectivity index (χ3v) is 2.67. The summed E-state index contributed by atoms with van der Waals surface area (Å²) in [6, 6.07) is 3.01. The summed E-state index contributed by atoms with van der Waals surface area (Å²) in [5.41, 5.74) is 2.55. The van der Waals surface area contributed by atoms with E-state index >= 15 is 0 Å². The largest absolute Gasteiger partial charge is 0.487 e. The third kappa shape index (κ3) is 3.41. The molecule has 2 nitrogen and oxygen atoms in total. The molecule has 0 radical (unpaired) electrons. The van der Waals surface area contributed by atoms with E-state index < -0.39 is 0 Å². The normalized spacial score (nSPS) is 11.4. The molecule has 0 spiro atoms. The average molecular weight is 280 g/mol. The van der Waals surface area contributed by atoms with Gasteiger partial charge in [0.05, 0.1) is 10.6 Å². The molecule has 1 aromatic carbocycles. The number of carbonyl (C=O) groups is 1. The molecular formula is C11H9Cl3O2. The minimum absolute atomic E-state index is 0.270. The Morgan fingerprint density at radius 1 is 1.44 bits per heavy atom. The lowest BCUT2D eigenvalue weighted by Gasteiger charge is -2.10. The molecule has 0 saturated carbocycles. The van der Waals surface area contributed by atoms with Crippen molar-refractivity contribution >= 4 is 41.1 Å². The summed E-state index contributed by atoms with van der Waals surface area (Å²) in [5.74, 6) is 0.318. The van der Waals surface area contributed by atoms with Crippen LogP contribution >= 0.6 is 34.8 Å². The van der Waals surface area contributed by atoms with Crippen LogP contribution in [-0.2, 0) is 0 Å². The number of hydrogen-bond donors (Lipinski definition) is 0. The van der Waals surface area contributed by atoms with E-state index in [1.165, 1.54) is 17.7 Å². The van der Waals surface area contributed by atoms with E-state index in [4.69, 9.17) is 39.5 Å². The van der Waals surface area contributed by atoms with Gasteiger partial charge in [0.15, 0.2) is 6.29 Å². The van der Waals surface area contributed by atoms with E-state index in [9.17, 15) is 4.79 Å². The Morgan fingerprint density at radius 3 is 2.69 bits per heavy atom. The summed E-state index contributed by atoms with van der Waals surface area (Å²) in [4.78, 5) is 10.8. The first-order valence-electron chi connectivity index (χ1n) is 4.41. The van der Waals surface area contributed by atoms with Crippen LogP contribution in [0.15, 0.2) is 23.2 Å². The van der Waals surface area contributed by atoms with Crippen LogP contribution in [0, 0.1) is 0 Å². The van der Waals surface area contributed by atoms with E-state index in [1.54, 1.807) is 6.92 Å². The van der Waals surface area contributed by atoms with Crippen molar-refractivity contribution in [3.63, 3.8) is 0 Å². The van der Waals surface area contributed by atoms with Gasteiger partial charge in [-0.3, -0.25) is 4.79 Å². The van der Waals surface area contributed by atoms with Crippen LogP contribution in [0.3, 0.4) is 0 Å². The van der Waals surface area contributed by atoms with Crippen molar-refractivity contribution in [1.82, 2.24) is 0 Å². The summed E-state index contributed by atoms with van der Waals surface area (Å²) in [6.07, 6.45) is 0.646. The first-order valence-corrected chi connectivity index (χ1v) is 5.60. The molecule has 0 bridgehead atoms. The van der Waals surface area contributed by atoms with Crippen molar-refractivity contribution in [3.8, 4) is 5.75 Å². The van der Waals surface area contributed by atoms with Gasteiger partial charge in [0, 0.05) is 10.6 Å². The quantitative estimate of drug-likeness (QED) is 0.767. The average Bonchev–Trinajstić information content (AvgIpc) is 2.26. The summed E-state index contributed by atoms with van der Waals surface area (Å²) in [5, 5.41) is 0.695. The third-order valence-electron chi connectivity index (χ3n) is 1.79. The Labute approximate surface area is 109 Å². The fourth-order valence-corrected chi connectivity index (χ4v) is 1.66. The Balaban J connectivity index is 2.98. The van der Waals surface area contributed by atoms with E-state index in [1.807, 2.05) is 0 Å². The topological polar surface area (TPSA) is 26.3 Å². The lowest BCUT2D eigenvalue weighted by molar-refractivity contribution is 0.112. The fraction of sp³-hybridized carbons (Fsp3) is 0.182.